The van der Waals surface area contributed by atoms with Crippen LogP contribution in [0.2, 0.25) is 5.02 Å². The Hall–Kier alpha value is -1.68. The number of rotatable bonds is 5. The lowest BCUT2D eigenvalue weighted by atomic mass is 10.1. The van der Waals surface area contributed by atoms with E-state index in [-0.39, 0.29) is 5.56 Å². The molecule has 0 radical (unpaired) electrons. The Bertz CT molecular complexity index is 832. The Kier molecular flexibility index (Phi) is 6.40. The van der Waals surface area contributed by atoms with Crippen LogP contribution in [0.1, 0.15) is 19.4 Å². The standard InChI is InChI=1S/C17H13Cl2F7O3/c1-15(2)8(5-11(19)16(21,22)23)12(15)14(27)28-6-7-3-9(18)13(20)10(4-7)29-17(24,25)26/h3-5,8,12H,6H2,1-2H3. The smallest absolute Gasteiger partial charge is 0.461 e. The fourth-order valence-electron chi connectivity index (χ4n) is 2.83. The van der Waals surface area contributed by atoms with Crippen LogP contribution in [-0.2, 0) is 16.1 Å². The van der Waals surface area contributed by atoms with Crippen LogP contribution in [0.5, 0.6) is 5.75 Å². The van der Waals surface area contributed by atoms with Gasteiger partial charge in [0.05, 0.1) is 10.9 Å². The maximum Gasteiger partial charge on any atom is 0.573 e. The maximum atomic E-state index is 13.6. The summed E-state index contributed by atoms with van der Waals surface area (Å²) in [6, 6.07) is 1.58. The number of esters is 1. The average molecular weight is 469 g/mol. The van der Waals surface area contributed by atoms with Gasteiger partial charge < -0.3 is 9.47 Å². The third-order valence-corrected chi connectivity index (χ3v) is 5.04. The molecule has 162 valence electrons. The van der Waals surface area contributed by atoms with Crippen LogP contribution in [0.4, 0.5) is 30.7 Å². The monoisotopic (exact) mass is 468 g/mol. The van der Waals surface area contributed by atoms with E-state index in [2.05, 4.69) is 4.74 Å². The van der Waals surface area contributed by atoms with E-state index in [0.29, 0.717) is 6.07 Å². The molecule has 0 heterocycles. The van der Waals surface area contributed by atoms with Crippen molar-refractivity contribution in [2.75, 3.05) is 0 Å². The van der Waals surface area contributed by atoms with Gasteiger partial charge in [-0.1, -0.05) is 43.1 Å². The van der Waals surface area contributed by atoms with E-state index in [4.69, 9.17) is 27.9 Å². The number of benzene rings is 1. The number of carbonyl (C=O) groups is 1. The highest BCUT2D eigenvalue weighted by molar-refractivity contribution is 6.31. The second kappa shape index (κ2) is 7.86. The van der Waals surface area contributed by atoms with Gasteiger partial charge in [0, 0.05) is 0 Å². The molecule has 29 heavy (non-hydrogen) atoms. The van der Waals surface area contributed by atoms with Crippen molar-refractivity contribution >= 4 is 29.2 Å². The van der Waals surface area contributed by atoms with Gasteiger partial charge in [0.1, 0.15) is 11.6 Å². The van der Waals surface area contributed by atoms with Crippen molar-refractivity contribution < 1.29 is 45.0 Å². The molecule has 1 aromatic rings. The van der Waals surface area contributed by atoms with Crippen molar-refractivity contribution in [1.29, 1.82) is 0 Å². The quantitative estimate of drug-likeness (QED) is 0.371. The highest BCUT2D eigenvalue weighted by Crippen LogP contribution is 2.60. The zero-order chi connectivity index (χ0) is 22.4. The van der Waals surface area contributed by atoms with Crippen molar-refractivity contribution in [2.24, 2.45) is 17.3 Å². The molecule has 1 saturated carbocycles. The molecule has 2 unspecified atom stereocenters. The largest absolute Gasteiger partial charge is 0.573 e. The maximum absolute atomic E-state index is 13.6. The summed E-state index contributed by atoms with van der Waals surface area (Å²) < 4.78 is 96.7. The predicted molar refractivity (Wildman–Crippen MR) is 88.6 cm³/mol. The minimum Gasteiger partial charge on any atom is -0.461 e. The highest BCUT2D eigenvalue weighted by Gasteiger charge is 2.62. The molecule has 0 N–H and O–H groups in total. The lowest BCUT2D eigenvalue weighted by molar-refractivity contribution is -0.275. The summed E-state index contributed by atoms with van der Waals surface area (Å²) in [6.07, 6.45) is -9.21. The second-order valence-corrected chi connectivity index (χ2v) is 7.70. The summed E-state index contributed by atoms with van der Waals surface area (Å²) >= 11 is 10.7. The lowest BCUT2D eigenvalue weighted by Crippen LogP contribution is -2.18. The number of halogens is 9. The molecule has 1 fully saturated rings. The third kappa shape index (κ3) is 5.69. The van der Waals surface area contributed by atoms with Gasteiger partial charge in [0.15, 0.2) is 11.6 Å². The molecule has 1 aromatic carbocycles. The summed E-state index contributed by atoms with van der Waals surface area (Å²) in [4.78, 5) is 12.2. The molecule has 0 bridgehead atoms. The predicted octanol–water partition coefficient (Wildman–Crippen LogP) is 6.38. The van der Waals surface area contributed by atoms with Crippen molar-refractivity contribution in [3.63, 3.8) is 0 Å². The molecule has 12 heteroatoms. The van der Waals surface area contributed by atoms with Crippen LogP contribution >= 0.6 is 23.2 Å². The molecule has 1 aliphatic rings. The Morgan fingerprint density at radius 3 is 2.31 bits per heavy atom. The molecule has 0 saturated heterocycles. The van der Waals surface area contributed by atoms with E-state index in [9.17, 15) is 35.5 Å². The molecule has 0 aromatic heterocycles. The van der Waals surface area contributed by atoms with Gasteiger partial charge in [-0.3, -0.25) is 4.79 Å². The van der Waals surface area contributed by atoms with Gasteiger partial charge in [-0.25, -0.2) is 4.39 Å². The Balaban J connectivity index is 2.10. The zero-order valence-electron chi connectivity index (χ0n) is 14.7. The van der Waals surface area contributed by atoms with Gasteiger partial charge in [0.2, 0.25) is 0 Å². The first-order valence-corrected chi connectivity index (χ1v) is 8.64. The molecule has 0 amide bonds. The second-order valence-electron chi connectivity index (χ2n) is 6.88. The van der Waals surface area contributed by atoms with Gasteiger partial charge >= 0.3 is 18.5 Å². The fourth-order valence-corrected chi connectivity index (χ4v) is 3.20. The molecule has 3 nitrogen and oxygen atoms in total. The Morgan fingerprint density at radius 1 is 1.21 bits per heavy atom. The SMILES string of the molecule is CC1(C)C(C=C(Cl)C(F)(F)F)C1C(=O)OCc1cc(Cl)c(F)c(OC(F)(F)F)c1. The minimum absolute atomic E-state index is 0.108. The van der Waals surface area contributed by atoms with Crippen molar-refractivity contribution in [1.82, 2.24) is 0 Å². The van der Waals surface area contributed by atoms with Crippen LogP contribution in [0.3, 0.4) is 0 Å². The first kappa shape index (κ1) is 23.6. The summed E-state index contributed by atoms with van der Waals surface area (Å²) in [5.41, 5.74) is -0.976. The number of allylic oxidation sites excluding steroid dienone is 2. The summed E-state index contributed by atoms with van der Waals surface area (Å²) in [5, 5.41) is -2.06. The number of hydrogen-bond acceptors (Lipinski definition) is 3. The lowest BCUT2D eigenvalue weighted by Gasteiger charge is -2.12. The van der Waals surface area contributed by atoms with E-state index >= 15 is 0 Å². The number of carbonyl (C=O) groups excluding carboxylic acids is 1. The van der Waals surface area contributed by atoms with Crippen LogP contribution in [0.25, 0.3) is 0 Å². The molecular formula is C17H13Cl2F7O3. The molecule has 2 rings (SSSR count). The number of ether oxygens (including phenoxy) is 2. The summed E-state index contributed by atoms with van der Waals surface area (Å²) in [5.74, 6) is -5.33. The normalized spacial score (nSPS) is 21.7. The van der Waals surface area contributed by atoms with Crippen molar-refractivity contribution in [3.05, 3.63) is 39.6 Å². The molecule has 1 aliphatic carbocycles. The summed E-state index contributed by atoms with van der Waals surface area (Å²) in [6.45, 7) is 2.47. The molecule has 0 spiro atoms. The Morgan fingerprint density at radius 2 is 1.79 bits per heavy atom. The minimum atomic E-state index is -5.17. The van der Waals surface area contributed by atoms with Crippen molar-refractivity contribution in [2.45, 2.75) is 33.0 Å². The van der Waals surface area contributed by atoms with Crippen molar-refractivity contribution in [3.8, 4) is 5.75 Å². The molecule has 2 atom stereocenters. The van der Waals surface area contributed by atoms with E-state index in [0.717, 1.165) is 12.1 Å². The molecule has 0 aliphatic heterocycles. The van der Waals surface area contributed by atoms with Crippen LogP contribution < -0.4 is 4.74 Å². The Labute approximate surface area is 170 Å². The van der Waals surface area contributed by atoms with E-state index in [1.54, 1.807) is 0 Å². The first-order chi connectivity index (χ1) is 13.0. The van der Waals surface area contributed by atoms with Gasteiger partial charge in [0.25, 0.3) is 0 Å². The van der Waals surface area contributed by atoms with Gasteiger partial charge in [-0.15, -0.1) is 13.2 Å². The fraction of sp³-hybridized carbons (Fsp3) is 0.471. The molecular weight excluding hydrogens is 456 g/mol. The van der Waals surface area contributed by atoms with Crippen LogP contribution in [-0.4, -0.2) is 18.5 Å². The van der Waals surface area contributed by atoms with E-state index in [1.807, 2.05) is 0 Å². The summed E-state index contributed by atoms with van der Waals surface area (Å²) in [7, 11) is 0. The average Bonchev–Trinajstić information content (AvgIpc) is 3.08. The van der Waals surface area contributed by atoms with E-state index < -0.39 is 64.0 Å². The van der Waals surface area contributed by atoms with Gasteiger partial charge in [-0.05, 0) is 29.0 Å². The van der Waals surface area contributed by atoms with E-state index in [1.165, 1.54) is 13.8 Å². The first-order valence-electron chi connectivity index (χ1n) is 7.89. The third-order valence-electron chi connectivity index (χ3n) is 4.42. The van der Waals surface area contributed by atoms with Crippen LogP contribution in [0, 0.1) is 23.1 Å². The van der Waals surface area contributed by atoms with Crippen LogP contribution in [0.15, 0.2) is 23.2 Å². The zero-order valence-corrected chi connectivity index (χ0v) is 16.2. The topological polar surface area (TPSA) is 35.5 Å². The highest BCUT2D eigenvalue weighted by atomic mass is 35.5. The number of alkyl halides is 6. The van der Waals surface area contributed by atoms with Gasteiger partial charge in [-0.2, -0.15) is 13.2 Å². The number of hydrogen-bond donors (Lipinski definition) is 0.